The number of hydrogen-bond acceptors (Lipinski definition) is 6. The number of carboxylic acids is 1. The number of sulfone groups is 1. The molecule has 0 radical (unpaired) electrons. The molecular formula is C22H31NO7S2. The minimum atomic E-state index is -4.63. The second-order valence-corrected chi connectivity index (χ2v) is 12.0. The summed E-state index contributed by atoms with van der Waals surface area (Å²) in [5, 5.41) is 12.9. The van der Waals surface area contributed by atoms with Crippen LogP contribution in [-0.2, 0) is 30.2 Å². The van der Waals surface area contributed by atoms with Crippen molar-refractivity contribution < 1.29 is 31.3 Å². The fourth-order valence-electron chi connectivity index (χ4n) is 3.69. The molecule has 8 nitrogen and oxygen atoms in total. The van der Waals surface area contributed by atoms with Gasteiger partial charge in [-0.05, 0) is 53.8 Å². The van der Waals surface area contributed by atoms with E-state index in [0.717, 1.165) is 36.4 Å². The van der Waals surface area contributed by atoms with Crippen LogP contribution in [-0.4, -0.2) is 45.3 Å². The average Bonchev–Trinajstić information content (AvgIpc) is 2.67. The van der Waals surface area contributed by atoms with Gasteiger partial charge in [0.2, 0.25) is 0 Å². The molecule has 2 aromatic carbocycles. The lowest BCUT2D eigenvalue weighted by molar-refractivity contribution is -0.137. The maximum Gasteiger partial charge on any atom is 0.303 e. The van der Waals surface area contributed by atoms with Gasteiger partial charge in [0.25, 0.3) is 10.1 Å². The van der Waals surface area contributed by atoms with Crippen LogP contribution in [0.4, 0.5) is 5.69 Å². The normalized spacial score (nSPS) is 12.8. The molecule has 0 unspecified atom stereocenters. The topological polar surface area (TPSA) is 138 Å². The second-order valence-electron chi connectivity index (χ2n) is 8.62. The minimum Gasteiger partial charge on any atom is -0.481 e. The lowest BCUT2D eigenvalue weighted by Crippen LogP contribution is -2.20. The fraction of sp³-hybridized carbons (Fsp3) is 0.500. The van der Waals surface area contributed by atoms with E-state index in [2.05, 4.69) is 5.32 Å². The molecule has 0 bridgehead atoms. The number of fused-ring (bicyclic) bond motifs is 1. The predicted molar refractivity (Wildman–Crippen MR) is 125 cm³/mol. The summed E-state index contributed by atoms with van der Waals surface area (Å²) in [5.74, 6) is -0.823. The first-order chi connectivity index (χ1) is 14.7. The molecule has 0 atom stereocenters. The highest BCUT2D eigenvalue weighted by Gasteiger charge is 2.28. The summed E-state index contributed by atoms with van der Waals surface area (Å²) < 4.78 is 58.3. The van der Waals surface area contributed by atoms with Crippen LogP contribution < -0.4 is 5.32 Å². The van der Waals surface area contributed by atoms with Crippen LogP contribution in [0.2, 0.25) is 0 Å². The second kappa shape index (κ2) is 9.76. The Kier molecular flexibility index (Phi) is 7.96. The molecule has 0 spiro atoms. The van der Waals surface area contributed by atoms with Gasteiger partial charge in [-0.25, -0.2) is 8.42 Å². The van der Waals surface area contributed by atoms with Crippen molar-refractivity contribution in [2.24, 2.45) is 0 Å². The molecule has 0 saturated heterocycles. The lowest BCUT2D eigenvalue weighted by atomic mass is 9.78. The molecule has 3 N–H and O–H groups in total. The lowest BCUT2D eigenvalue weighted by Gasteiger charge is -2.29. The van der Waals surface area contributed by atoms with Crippen molar-refractivity contribution >= 4 is 42.4 Å². The highest BCUT2D eigenvalue weighted by molar-refractivity contribution is 7.91. The number of carboxylic acid groups (broad SMARTS) is 1. The molecule has 2 aromatic rings. The van der Waals surface area contributed by atoms with Crippen LogP contribution >= 0.6 is 0 Å². The van der Waals surface area contributed by atoms with Gasteiger partial charge >= 0.3 is 5.97 Å². The van der Waals surface area contributed by atoms with Crippen molar-refractivity contribution in [1.29, 1.82) is 0 Å². The van der Waals surface area contributed by atoms with Gasteiger partial charge in [-0.1, -0.05) is 33.3 Å². The van der Waals surface area contributed by atoms with Gasteiger partial charge in [-0.3, -0.25) is 9.35 Å². The first kappa shape index (κ1) is 26.1. The molecule has 32 heavy (non-hydrogen) atoms. The monoisotopic (exact) mass is 485 g/mol. The summed E-state index contributed by atoms with van der Waals surface area (Å²) in [6.45, 7) is 6.54. The Morgan fingerprint density at radius 1 is 1.03 bits per heavy atom. The molecule has 2 rings (SSSR count). The van der Waals surface area contributed by atoms with Gasteiger partial charge in [0.05, 0.1) is 9.79 Å². The third-order valence-electron chi connectivity index (χ3n) is 5.71. The summed E-state index contributed by atoms with van der Waals surface area (Å²) in [5.41, 5.74) is 1.07. The van der Waals surface area contributed by atoms with Crippen molar-refractivity contribution in [3.8, 4) is 0 Å². The molecule has 0 heterocycles. The Bertz CT molecular complexity index is 1220. The van der Waals surface area contributed by atoms with Gasteiger partial charge in [0.1, 0.15) is 0 Å². The molecular weight excluding hydrogens is 454 g/mol. The summed E-state index contributed by atoms with van der Waals surface area (Å²) in [6, 6.07) is 5.74. The summed E-state index contributed by atoms with van der Waals surface area (Å²) in [6.07, 6.45) is 3.89. The maximum atomic E-state index is 12.4. The van der Waals surface area contributed by atoms with Crippen molar-refractivity contribution in [3.05, 3.63) is 29.8 Å². The summed E-state index contributed by atoms with van der Waals surface area (Å²) in [7, 11) is -8.40. The Labute approximate surface area is 189 Å². The molecule has 178 valence electrons. The highest BCUT2D eigenvalue weighted by atomic mass is 32.2. The van der Waals surface area contributed by atoms with Gasteiger partial charge in [0, 0.05) is 30.3 Å². The number of carbonyl (C=O) groups is 1. The zero-order valence-electron chi connectivity index (χ0n) is 18.8. The first-order valence-electron chi connectivity index (χ1n) is 10.4. The fourth-order valence-corrected chi connectivity index (χ4v) is 5.21. The van der Waals surface area contributed by atoms with Crippen LogP contribution in [0.3, 0.4) is 0 Å². The molecule has 0 saturated carbocycles. The molecule has 0 aliphatic heterocycles. The van der Waals surface area contributed by atoms with Crippen LogP contribution in [0.15, 0.2) is 34.1 Å². The molecule has 0 amide bonds. The maximum absolute atomic E-state index is 12.4. The number of hydrogen-bond donors (Lipinski definition) is 3. The predicted octanol–water partition coefficient (Wildman–Crippen LogP) is 4.23. The Morgan fingerprint density at radius 2 is 1.69 bits per heavy atom. The standard InChI is InChI=1S/C22H31NO7S2/c1-5-22(2,3)21-17-13-15(32(28,29)30)14-19(31(4,26)27)16(17)10-11-18(21)23-12-8-6-7-9-20(24)25/h10-11,13-14,23H,5-9,12H2,1-4H3,(H,24,25)(H,28,29,30). The highest BCUT2D eigenvalue weighted by Crippen LogP contribution is 2.41. The van der Waals surface area contributed by atoms with Gasteiger partial charge in [-0.15, -0.1) is 0 Å². The number of nitrogens with one attached hydrogen (secondary N) is 1. The van der Waals surface area contributed by atoms with E-state index >= 15 is 0 Å². The molecule has 0 aromatic heterocycles. The summed E-state index contributed by atoms with van der Waals surface area (Å²) >= 11 is 0. The third kappa shape index (κ3) is 6.20. The van der Waals surface area contributed by atoms with E-state index in [0.29, 0.717) is 30.2 Å². The molecule has 0 aliphatic rings. The molecule has 0 aliphatic carbocycles. The van der Waals surface area contributed by atoms with Crippen LogP contribution in [0.5, 0.6) is 0 Å². The van der Waals surface area contributed by atoms with Gasteiger partial charge in [0.15, 0.2) is 9.84 Å². The van der Waals surface area contributed by atoms with Crippen LogP contribution in [0, 0.1) is 0 Å². The van der Waals surface area contributed by atoms with E-state index in [1.807, 2.05) is 20.8 Å². The smallest absolute Gasteiger partial charge is 0.303 e. The minimum absolute atomic E-state index is 0.122. The van der Waals surface area contributed by atoms with Gasteiger partial charge < -0.3 is 10.4 Å². The van der Waals surface area contributed by atoms with E-state index in [1.165, 1.54) is 6.07 Å². The van der Waals surface area contributed by atoms with E-state index < -0.39 is 36.2 Å². The van der Waals surface area contributed by atoms with Crippen LogP contribution in [0.25, 0.3) is 10.8 Å². The van der Waals surface area contributed by atoms with E-state index in [9.17, 15) is 26.2 Å². The zero-order chi connectivity index (χ0) is 24.3. The first-order valence-corrected chi connectivity index (χ1v) is 13.8. The van der Waals surface area contributed by atoms with E-state index in [4.69, 9.17) is 5.11 Å². The van der Waals surface area contributed by atoms with Gasteiger partial charge in [-0.2, -0.15) is 8.42 Å². The van der Waals surface area contributed by atoms with Crippen molar-refractivity contribution in [2.45, 2.75) is 68.1 Å². The van der Waals surface area contributed by atoms with E-state index in [1.54, 1.807) is 12.1 Å². The quantitative estimate of drug-likeness (QED) is 0.317. The number of aliphatic carboxylic acids is 1. The van der Waals surface area contributed by atoms with Crippen LogP contribution in [0.1, 0.15) is 58.4 Å². The van der Waals surface area contributed by atoms with Crippen molar-refractivity contribution in [2.75, 3.05) is 18.1 Å². The Hall–Kier alpha value is -2.17. The third-order valence-corrected chi connectivity index (χ3v) is 7.68. The summed E-state index contributed by atoms with van der Waals surface area (Å²) in [4.78, 5) is 10.0. The van der Waals surface area contributed by atoms with Crippen molar-refractivity contribution in [1.82, 2.24) is 0 Å². The molecule has 0 fully saturated rings. The number of anilines is 1. The van der Waals surface area contributed by atoms with E-state index in [-0.39, 0.29) is 11.3 Å². The largest absolute Gasteiger partial charge is 0.481 e. The number of rotatable bonds is 11. The SMILES string of the molecule is CCC(C)(C)c1c(NCCCCCC(=O)O)ccc2c(S(C)(=O)=O)cc(S(=O)(=O)O)cc12. The van der Waals surface area contributed by atoms with Crippen molar-refractivity contribution in [3.63, 3.8) is 0 Å². The Balaban J connectivity index is 2.64. The number of benzene rings is 2. The number of unbranched alkanes of at least 4 members (excludes halogenated alkanes) is 2. The molecule has 10 heteroatoms. The Morgan fingerprint density at radius 3 is 2.22 bits per heavy atom. The zero-order valence-corrected chi connectivity index (χ0v) is 20.4. The average molecular weight is 486 g/mol.